The minimum Gasteiger partial charge on any atom is -0.481 e. The second-order valence-electron chi connectivity index (χ2n) is 4.88. The summed E-state index contributed by atoms with van der Waals surface area (Å²) in [4.78, 5) is 23.8. The van der Waals surface area contributed by atoms with Crippen molar-refractivity contribution in [2.45, 2.75) is 26.7 Å². The summed E-state index contributed by atoms with van der Waals surface area (Å²) in [5.74, 6) is -0.925. The van der Waals surface area contributed by atoms with Gasteiger partial charge in [0.15, 0.2) is 0 Å². The minimum absolute atomic E-state index is 0.110. The molecular weight excluding hydrogens is 286 g/mol. The molecule has 4 nitrogen and oxygen atoms in total. The van der Waals surface area contributed by atoms with Gasteiger partial charge in [0, 0.05) is 22.4 Å². The Morgan fingerprint density at radius 1 is 1.19 bits per heavy atom. The van der Waals surface area contributed by atoms with Crippen molar-refractivity contribution < 1.29 is 14.7 Å². The summed E-state index contributed by atoms with van der Waals surface area (Å²) in [6.07, 6.45) is 0.603. The molecule has 1 amide bonds. The lowest BCUT2D eigenvalue weighted by Gasteiger charge is -2.06. The molecule has 2 aromatic rings. The zero-order chi connectivity index (χ0) is 15.4. The number of benzene rings is 1. The largest absolute Gasteiger partial charge is 0.481 e. The van der Waals surface area contributed by atoms with Crippen LogP contribution in [0.2, 0.25) is 0 Å². The number of carboxylic acids is 1. The van der Waals surface area contributed by atoms with Gasteiger partial charge in [-0.25, -0.2) is 0 Å². The molecule has 5 heteroatoms. The van der Waals surface area contributed by atoms with Crippen LogP contribution in [0.5, 0.6) is 0 Å². The van der Waals surface area contributed by atoms with Gasteiger partial charge in [0.1, 0.15) is 0 Å². The molecule has 0 saturated carbocycles. The van der Waals surface area contributed by atoms with Gasteiger partial charge < -0.3 is 10.4 Å². The Hall–Kier alpha value is -2.14. The minimum atomic E-state index is -0.810. The molecular formula is C16H17NO3S. The number of aliphatic carboxylic acids is 1. The van der Waals surface area contributed by atoms with Gasteiger partial charge in [-0.1, -0.05) is 12.1 Å². The fourth-order valence-corrected chi connectivity index (χ4v) is 2.81. The summed E-state index contributed by atoms with van der Waals surface area (Å²) in [5, 5.41) is 13.4. The molecule has 1 heterocycles. The molecule has 0 aliphatic heterocycles. The second-order valence-corrected chi connectivity index (χ2v) is 5.96. The molecule has 0 saturated heterocycles. The molecule has 1 aromatic heterocycles. The SMILES string of the molecule is Cc1scc(C(=O)Nc2ccc(CCC(=O)O)cc2)c1C. The first-order valence-electron chi connectivity index (χ1n) is 6.64. The Balaban J connectivity index is 2.01. The molecule has 0 radical (unpaired) electrons. The van der Waals surface area contributed by atoms with Gasteiger partial charge in [-0.15, -0.1) is 11.3 Å². The molecule has 2 rings (SSSR count). The summed E-state index contributed by atoms with van der Waals surface area (Å²) in [6.45, 7) is 3.93. The molecule has 0 aliphatic carbocycles. The van der Waals surface area contributed by atoms with Crippen LogP contribution in [-0.2, 0) is 11.2 Å². The van der Waals surface area contributed by atoms with E-state index < -0.39 is 5.97 Å². The summed E-state index contributed by atoms with van der Waals surface area (Å²) in [5.41, 5.74) is 3.36. The lowest BCUT2D eigenvalue weighted by atomic mass is 10.1. The van der Waals surface area contributed by atoms with Gasteiger partial charge in [0.25, 0.3) is 5.91 Å². The number of hydrogen-bond donors (Lipinski definition) is 2. The third-order valence-corrected chi connectivity index (χ3v) is 4.38. The Morgan fingerprint density at radius 2 is 1.86 bits per heavy atom. The maximum atomic E-state index is 12.2. The van der Waals surface area contributed by atoms with E-state index in [9.17, 15) is 9.59 Å². The second kappa shape index (κ2) is 6.54. The van der Waals surface area contributed by atoms with Crippen molar-refractivity contribution in [3.63, 3.8) is 0 Å². The summed E-state index contributed by atoms with van der Waals surface area (Å²) in [7, 11) is 0. The number of nitrogens with one attached hydrogen (secondary N) is 1. The van der Waals surface area contributed by atoms with Crippen LogP contribution in [0.1, 0.15) is 32.8 Å². The summed E-state index contributed by atoms with van der Waals surface area (Å²) < 4.78 is 0. The number of carbonyl (C=O) groups excluding carboxylic acids is 1. The molecule has 0 atom stereocenters. The zero-order valence-electron chi connectivity index (χ0n) is 12.0. The molecule has 0 fully saturated rings. The van der Waals surface area contributed by atoms with Crippen LogP contribution in [0, 0.1) is 13.8 Å². The van der Waals surface area contributed by atoms with Gasteiger partial charge in [-0.2, -0.15) is 0 Å². The lowest BCUT2D eigenvalue weighted by Crippen LogP contribution is -2.12. The van der Waals surface area contributed by atoms with Crippen molar-refractivity contribution in [2.24, 2.45) is 0 Å². The highest BCUT2D eigenvalue weighted by Crippen LogP contribution is 2.22. The molecule has 0 bridgehead atoms. The molecule has 110 valence electrons. The Labute approximate surface area is 127 Å². The number of amides is 1. The highest BCUT2D eigenvalue weighted by atomic mass is 32.1. The Morgan fingerprint density at radius 3 is 2.38 bits per heavy atom. The average Bonchev–Trinajstić information content (AvgIpc) is 2.78. The molecule has 0 aliphatic rings. The smallest absolute Gasteiger partial charge is 0.303 e. The van der Waals surface area contributed by atoms with Crippen LogP contribution in [-0.4, -0.2) is 17.0 Å². The van der Waals surface area contributed by atoms with E-state index in [1.165, 1.54) is 0 Å². The normalized spacial score (nSPS) is 10.4. The fraction of sp³-hybridized carbons (Fsp3) is 0.250. The van der Waals surface area contributed by atoms with E-state index in [-0.39, 0.29) is 12.3 Å². The first-order valence-corrected chi connectivity index (χ1v) is 7.52. The van der Waals surface area contributed by atoms with E-state index in [2.05, 4.69) is 5.32 Å². The number of carbonyl (C=O) groups is 2. The molecule has 0 spiro atoms. The number of anilines is 1. The van der Waals surface area contributed by atoms with E-state index in [0.717, 1.165) is 16.0 Å². The Bertz CT molecular complexity index is 659. The van der Waals surface area contributed by atoms with E-state index >= 15 is 0 Å². The molecule has 0 unspecified atom stereocenters. The van der Waals surface area contributed by atoms with E-state index in [1.807, 2.05) is 31.4 Å². The van der Waals surface area contributed by atoms with Crippen molar-refractivity contribution in [2.75, 3.05) is 5.32 Å². The van der Waals surface area contributed by atoms with Crippen LogP contribution in [0.15, 0.2) is 29.6 Å². The first-order chi connectivity index (χ1) is 9.97. The van der Waals surface area contributed by atoms with Gasteiger partial charge in [-0.05, 0) is 43.5 Å². The summed E-state index contributed by atoms with van der Waals surface area (Å²) >= 11 is 1.57. The van der Waals surface area contributed by atoms with Crippen LogP contribution < -0.4 is 5.32 Å². The third kappa shape index (κ3) is 3.92. The van der Waals surface area contributed by atoms with E-state index in [4.69, 9.17) is 5.11 Å². The zero-order valence-corrected chi connectivity index (χ0v) is 12.8. The van der Waals surface area contributed by atoms with Crippen LogP contribution in [0.4, 0.5) is 5.69 Å². The average molecular weight is 303 g/mol. The predicted molar refractivity (Wildman–Crippen MR) is 84.1 cm³/mol. The molecule has 1 aromatic carbocycles. The number of carboxylic acid groups (broad SMARTS) is 1. The monoisotopic (exact) mass is 303 g/mol. The number of thiophene rings is 1. The van der Waals surface area contributed by atoms with Crippen molar-refractivity contribution in [3.8, 4) is 0 Å². The number of hydrogen-bond acceptors (Lipinski definition) is 3. The maximum Gasteiger partial charge on any atom is 0.303 e. The molecule has 21 heavy (non-hydrogen) atoms. The Kier molecular flexibility index (Phi) is 4.75. The number of rotatable bonds is 5. The maximum absolute atomic E-state index is 12.2. The van der Waals surface area contributed by atoms with Crippen LogP contribution in [0.3, 0.4) is 0 Å². The molecule has 2 N–H and O–H groups in total. The van der Waals surface area contributed by atoms with Gasteiger partial charge in [0.2, 0.25) is 0 Å². The topological polar surface area (TPSA) is 66.4 Å². The van der Waals surface area contributed by atoms with Gasteiger partial charge in [0.05, 0.1) is 5.56 Å². The van der Waals surface area contributed by atoms with Crippen LogP contribution >= 0.6 is 11.3 Å². The quantitative estimate of drug-likeness (QED) is 0.886. The van der Waals surface area contributed by atoms with E-state index in [1.54, 1.807) is 23.5 Å². The van der Waals surface area contributed by atoms with Crippen molar-refractivity contribution in [1.29, 1.82) is 0 Å². The van der Waals surface area contributed by atoms with Crippen molar-refractivity contribution in [3.05, 3.63) is 51.2 Å². The van der Waals surface area contributed by atoms with Crippen molar-refractivity contribution in [1.82, 2.24) is 0 Å². The standard InChI is InChI=1S/C16H17NO3S/c1-10-11(2)21-9-14(10)16(20)17-13-6-3-12(4-7-13)5-8-15(18)19/h3-4,6-7,9H,5,8H2,1-2H3,(H,17,20)(H,18,19). The number of aryl methyl sites for hydroxylation is 2. The lowest BCUT2D eigenvalue weighted by molar-refractivity contribution is -0.136. The predicted octanol–water partition coefficient (Wildman–Crippen LogP) is 3.63. The van der Waals surface area contributed by atoms with Gasteiger partial charge >= 0.3 is 5.97 Å². The highest BCUT2D eigenvalue weighted by molar-refractivity contribution is 7.10. The van der Waals surface area contributed by atoms with Gasteiger partial charge in [-0.3, -0.25) is 9.59 Å². The highest BCUT2D eigenvalue weighted by Gasteiger charge is 2.12. The summed E-state index contributed by atoms with van der Waals surface area (Å²) in [6, 6.07) is 7.27. The fourth-order valence-electron chi connectivity index (χ4n) is 1.94. The first kappa shape index (κ1) is 15.3. The van der Waals surface area contributed by atoms with E-state index in [0.29, 0.717) is 17.7 Å². The van der Waals surface area contributed by atoms with Crippen LogP contribution in [0.25, 0.3) is 0 Å². The third-order valence-electron chi connectivity index (χ3n) is 3.37. The van der Waals surface area contributed by atoms with Crippen molar-refractivity contribution >= 4 is 28.9 Å².